The lowest BCUT2D eigenvalue weighted by molar-refractivity contribution is 0.253. The Bertz CT molecular complexity index is 888. The van der Waals surface area contributed by atoms with E-state index >= 15 is 0 Å². The SMILES string of the molecule is Cc1ccc(CC2=CC3CN(C4CC45CCCNC5)C=NC3C3=C2CCC3)cn1. The van der Waals surface area contributed by atoms with Gasteiger partial charge in [-0.25, -0.2) is 0 Å². The van der Waals surface area contributed by atoms with Gasteiger partial charge in [-0.2, -0.15) is 0 Å². The quantitative estimate of drug-likeness (QED) is 0.856. The molecular weight excluding hydrogens is 356 g/mol. The van der Waals surface area contributed by atoms with Crippen LogP contribution in [0.5, 0.6) is 0 Å². The summed E-state index contributed by atoms with van der Waals surface area (Å²) < 4.78 is 0. The second-order valence-corrected chi connectivity index (χ2v) is 9.97. The molecule has 0 radical (unpaired) electrons. The molecule has 3 aliphatic carbocycles. The predicted octanol–water partition coefficient (Wildman–Crippen LogP) is 3.82. The molecule has 6 rings (SSSR count). The number of allylic oxidation sites excluding steroid dienone is 2. The van der Waals surface area contributed by atoms with Gasteiger partial charge in [0.1, 0.15) is 0 Å². The molecule has 2 fully saturated rings. The fraction of sp³-hybridized carbons (Fsp3) is 0.600. The number of hydrogen-bond acceptors (Lipinski definition) is 4. The van der Waals surface area contributed by atoms with E-state index in [2.05, 4.69) is 52.9 Å². The van der Waals surface area contributed by atoms with Crippen molar-refractivity contribution in [2.75, 3.05) is 19.6 Å². The zero-order valence-electron chi connectivity index (χ0n) is 17.5. The lowest BCUT2D eigenvalue weighted by Crippen LogP contribution is -2.44. The number of nitrogens with one attached hydrogen (secondary N) is 1. The van der Waals surface area contributed by atoms with E-state index in [9.17, 15) is 0 Å². The highest BCUT2D eigenvalue weighted by Gasteiger charge is 2.57. The van der Waals surface area contributed by atoms with Crippen LogP contribution in [0, 0.1) is 18.3 Å². The summed E-state index contributed by atoms with van der Waals surface area (Å²) in [6.45, 7) is 5.61. The van der Waals surface area contributed by atoms with Crippen molar-refractivity contribution in [3.8, 4) is 0 Å². The summed E-state index contributed by atoms with van der Waals surface area (Å²) in [5, 5.41) is 3.63. The van der Waals surface area contributed by atoms with Crippen molar-refractivity contribution in [1.82, 2.24) is 15.2 Å². The largest absolute Gasteiger partial charge is 0.359 e. The molecule has 29 heavy (non-hydrogen) atoms. The molecule has 152 valence electrons. The Hall–Kier alpha value is -1.94. The van der Waals surface area contributed by atoms with E-state index in [-0.39, 0.29) is 0 Å². The van der Waals surface area contributed by atoms with Crippen LogP contribution in [-0.4, -0.2) is 47.9 Å². The van der Waals surface area contributed by atoms with Crippen molar-refractivity contribution in [1.29, 1.82) is 0 Å². The summed E-state index contributed by atoms with van der Waals surface area (Å²) in [5.74, 6) is 0.541. The molecule has 4 nitrogen and oxygen atoms in total. The molecule has 1 saturated carbocycles. The highest BCUT2D eigenvalue weighted by molar-refractivity contribution is 5.61. The minimum Gasteiger partial charge on any atom is -0.359 e. The number of hydrogen-bond donors (Lipinski definition) is 1. The normalized spacial score (nSPS) is 35.6. The van der Waals surface area contributed by atoms with E-state index in [1.807, 2.05) is 0 Å². The van der Waals surface area contributed by atoms with E-state index in [0.717, 1.165) is 18.7 Å². The number of fused-ring (bicyclic) bond motifs is 2. The molecule has 1 N–H and O–H groups in total. The molecule has 5 aliphatic rings. The highest BCUT2D eigenvalue weighted by Crippen LogP contribution is 2.54. The fourth-order valence-corrected chi connectivity index (χ4v) is 6.41. The maximum absolute atomic E-state index is 5.13. The summed E-state index contributed by atoms with van der Waals surface area (Å²) >= 11 is 0. The van der Waals surface area contributed by atoms with Gasteiger partial charge in [-0.1, -0.05) is 12.1 Å². The molecule has 1 aromatic heterocycles. The number of aliphatic imine (C=N–C) groups is 1. The minimum atomic E-state index is 0.405. The third kappa shape index (κ3) is 3.07. The molecule has 2 aliphatic heterocycles. The molecule has 1 aromatic rings. The van der Waals surface area contributed by atoms with Crippen molar-refractivity contribution < 1.29 is 0 Å². The lowest BCUT2D eigenvalue weighted by atomic mass is 9.79. The monoisotopic (exact) mass is 388 g/mol. The van der Waals surface area contributed by atoms with E-state index in [1.54, 1.807) is 16.7 Å². The molecule has 4 unspecified atom stereocenters. The average molecular weight is 389 g/mol. The smallest absolute Gasteiger partial charge is 0.0860 e. The van der Waals surface area contributed by atoms with Gasteiger partial charge in [-0.15, -0.1) is 0 Å². The second kappa shape index (κ2) is 6.80. The van der Waals surface area contributed by atoms with Gasteiger partial charge >= 0.3 is 0 Å². The number of piperidine rings is 1. The zero-order valence-corrected chi connectivity index (χ0v) is 17.5. The predicted molar refractivity (Wildman–Crippen MR) is 117 cm³/mol. The van der Waals surface area contributed by atoms with Gasteiger partial charge < -0.3 is 10.2 Å². The van der Waals surface area contributed by atoms with Crippen LogP contribution in [0.25, 0.3) is 0 Å². The van der Waals surface area contributed by atoms with Crippen molar-refractivity contribution in [2.45, 2.75) is 64.0 Å². The standard InChI is InChI=1S/C25H32N4/c1-17-6-7-18(13-27-17)10-19-11-20-14-29(23-12-25(23)8-3-9-26-15-25)16-28-24(20)22-5-2-4-21(19)22/h6-7,11,13,16,20,23-24,26H,2-5,8-10,12,14-15H2,1H3. The van der Waals surface area contributed by atoms with Crippen molar-refractivity contribution >= 4 is 6.34 Å². The molecule has 0 aromatic carbocycles. The topological polar surface area (TPSA) is 40.5 Å². The Morgan fingerprint density at radius 2 is 2.21 bits per heavy atom. The Labute approximate surface area is 174 Å². The van der Waals surface area contributed by atoms with Gasteiger partial charge in [0.25, 0.3) is 0 Å². The van der Waals surface area contributed by atoms with Gasteiger partial charge in [0, 0.05) is 42.4 Å². The summed E-state index contributed by atoms with van der Waals surface area (Å²) in [5.41, 5.74) is 7.80. The number of pyridine rings is 1. The van der Waals surface area contributed by atoms with Crippen LogP contribution in [-0.2, 0) is 6.42 Å². The molecule has 4 heteroatoms. The van der Waals surface area contributed by atoms with Crippen LogP contribution in [0.4, 0.5) is 0 Å². The first-order chi connectivity index (χ1) is 14.2. The molecule has 1 saturated heterocycles. The Morgan fingerprint density at radius 3 is 3.03 bits per heavy atom. The molecule has 0 amide bonds. The summed E-state index contributed by atoms with van der Waals surface area (Å²) in [6.07, 6.45) is 15.8. The van der Waals surface area contributed by atoms with Gasteiger partial charge in [0.15, 0.2) is 0 Å². The first-order valence-corrected chi connectivity index (χ1v) is 11.6. The van der Waals surface area contributed by atoms with Crippen LogP contribution < -0.4 is 5.32 Å². The van der Waals surface area contributed by atoms with Crippen molar-refractivity contribution in [3.05, 3.63) is 52.4 Å². The Kier molecular flexibility index (Phi) is 4.19. The van der Waals surface area contributed by atoms with Gasteiger partial charge in [0.05, 0.1) is 12.4 Å². The minimum absolute atomic E-state index is 0.405. The van der Waals surface area contributed by atoms with Crippen molar-refractivity contribution in [3.63, 3.8) is 0 Å². The number of rotatable bonds is 3. The van der Waals surface area contributed by atoms with Crippen molar-refractivity contribution in [2.24, 2.45) is 16.3 Å². The average Bonchev–Trinajstić information content (AvgIpc) is 3.20. The second-order valence-electron chi connectivity index (χ2n) is 9.97. The first kappa shape index (κ1) is 17.9. The van der Waals surface area contributed by atoms with Crippen LogP contribution in [0.1, 0.15) is 49.8 Å². The van der Waals surface area contributed by atoms with E-state index < -0.39 is 0 Å². The first-order valence-electron chi connectivity index (χ1n) is 11.6. The molecule has 4 atom stereocenters. The number of aryl methyl sites for hydroxylation is 1. The third-order valence-electron chi connectivity index (χ3n) is 8.04. The maximum Gasteiger partial charge on any atom is 0.0860 e. The van der Waals surface area contributed by atoms with Crippen LogP contribution in [0.15, 0.2) is 46.1 Å². The fourth-order valence-electron chi connectivity index (χ4n) is 6.41. The summed E-state index contributed by atoms with van der Waals surface area (Å²) in [4.78, 5) is 12.2. The number of aromatic nitrogens is 1. The van der Waals surface area contributed by atoms with E-state index in [1.165, 1.54) is 57.2 Å². The Balaban J connectivity index is 1.25. The number of nitrogens with zero attached hydrogens (tertiary/aromatic N) is 3. The van der Waals surface area contributed by atoms with Gasteiger partial charge in [-0.3, -0.25) is 9.98 Å². The maximum atomic E-state index is 5.13. The summed E-state index contributed by atoms with van der Waals surface area (Å²) in [6, 6.07) is 5.50. The van der Waals surface area contributed by atoms with Crippen LogP contribution in [0.2, 0.25) is 0 Å². The highest BCUT2D eigenvalue weighted by atomic mass is 15.3. The molecule has 0 bridgehead atoms. The van der Waals surface area contributed by atoms with E-state index in [4.69, 9.17) is 4.99 Å². The summed E-state index contributed by atoms with van der Waals surface area (Å²) in [7, 11) is 0. The van der Waals surface area contributed by atoms with Gasteiger partial charge in [-0.05, 0) is 86.8 Å². The zero-order chi connectivity index (χ0) is 19.4. The van der Waals surface area contributed by atoms with Crippen LogP contribution in [0.3, 0.4) is 0 Å². The lowest BCUT2D eigenvalue weighted by Gasteiger charge is -2.38. The molecular formula is C25H32N4. The van der Waals surface area contributed by atoms with Crippen LogP contribution >= 0.6 is 0 Å². The third-order valence-corrected chi connectivity index (χ3v) is 8.04. The van der Waals surface area contributed by atoms with Gasteiger partial charge in [0.2, 0.25) is 0 Å². The molecule has 3 heterocycles. The Morgan fingerprint density at radius 1 is 1.24 bits per heavy atom. The molecule has 1 spiro atoms. The van der Waals surface area contributed by atoms with E-state index in [0.29, 0.717) is 23.4 Å².